The largest absolute Gasteiger partial charge is 0.300 e. The lowest BCUT2D eigenvalue weighted by molar-refractivity contribution is -0.116. The first-order chi connectivity index (χ1) is 14.1. The molecule has 29 heavy (non-hydrogen) atoms. The Morgan fingerprint density at radius 3 is 2.79 bits per heavy atom. The van der Waals surface area contributed by atoms with E-state index in [4.69, 9.17) is 0 Å². The normalized spacial score (nSPS) is 11.1. The third-order valence-electron chi connectivity index (χ3n) is 4.58. The van der Waals surface area contributed by atoms with Crippen LogP contribution < -0.4 is 10.9 Å². The van der Waals surface area contributed by atoms with Gasteiger partial charge in [0.05, 0.1) is 17.4 Å². The second kappa shape index (κ2) is 8.67. The van der Waals surface area contributed by atoms with Gasteiger partial charge in [-0.05, 0) is 29.9 Å². The molecule has 0 radical (unpaired) electrons. The summed E-state index contributed by atoms with van der Waals surface area (Å²) in [6.45, 7) is 2.09. The highest BCUT2D eigenvalue weighted by atomic mass is 32.1. The summed E-state index contributed by atoms with van der Waals surface area (Å²) in [5, 5.41) is 7.55. The number of aryl methyl sites for hydroxylation is 1. The van der Waals surface area contributed by atoms with Crippen LogP contribution in [0, 0.1) is 0 Å². The number of unbranched alkanes of at least 4 members (excludes halogenated alkanes) is 1. The molecule has 0 aliphatic carbocycles. The molecule has 1 aromatic carbocycles. The van der Waals surface area contributed by atoms with E-state index in [1.807, 2.05) is 10.8 Å². The molecule has 0 bridgehead atoms. The third-order valence-corrected chi connectivity index (χ3v) is 6.16. The minimum Gasteiger partial charge on any atom is -0.300 e. The fourth-order valence-electron chi connectivity index (χ4n) is 3.01. The van der Waals surface area contributed by atoms with Gasteiger partial charge < -0.3 is 5.32 Å². The standard InChI is InChI=1S/C21H20N4O2S2/c1-2-3-4-14-5-7-15(8-6-14)17-12-29-21(23-17)24-18(26)11-25-13-22-19-16(20(25)27)9-10-28-19/h5-10,12-13H,2-4,11H2,1H3,(H,23,24,26). The SMILES string of the molecule is CCCCc1ccc(-c2csc(NC(=O)Cn3cnc4sccc4c3=O)n2)cc1. The summed E-state index contributed by atoms with van der Waals surface area (Å²) >= 11 is 2.77. The van der Waals surface area contributed by atoms with Crippen molar-refractivity contribution < 1.29 is 4.79 Å². The van der Waals surface area contributed by atoms with Crippen LogP contribution in [0.5, 0.6) is 0 Å². The molecule has 0 atom stereocenters. The van der Waals surface area contributed by atoms with Crippen LogP contribution >= 0.6 is 22.7 Å². The Labute approximate surface area is 175 Å². The van der Waals surface area contributed by atoms with Crippen LogP contribution in [-0.4, -0.2) is 20.4 Å². The molecule has 4 rings (SSSR count). The van der Waals surface area contributed by atoms with Crippen LogP contribution in [0.1, 0.15) is 25.3 Å². The van der Waals surface area contributed by atoms with Gasteiger partial charge in [-0.2, -0.15) is 0 Å². The lowest BCUT2D eigenvalue weighted by Gasteiger charge is -2.05. The van der Waals surface area contributed by atoms with E-state index in [9.17, 15) is 9.59 Å². The molecule has 0 unspecified atom stereocenters. The summed E-state index contributed by atoms with van der Waals surface area (Å²) in [5.41, 5.74) is 2.95. The number of carbonyl (C=O) groups is 1. The minimum atomic E-state index is -0.306. The van der Waals surface area contributed by atoms with Crippen LogP contribution in [0.2, 0.25) is 0 Å². The average Bonchev–Trinajstić information content (AvgIpc) is 3.39. The summed E-state index contributed by atoms with van der Waals surface area (Å²) < 4.78 is 1.31. The highest BCUT2D eigenvalue weighted by molar-refractivity contribution is 7.16. The van der Waals surface area contributed by atoms with Crippen molar-refractivity contribution in [1.82, 2.24) is 14.5 Å². The van der Waals surface area contributed by atoms with Crippen molar-refractivity contribution in [2.45, 2.75) is 32.7 Å². The number of amides is 1. The molecule has 1 amide bonds. The van der Waals surface area contributed by atoms with E-state index < -0.39 is 0 Å². The van der Waals surface area contributed by atoms with Crippen molar-refractivity contribution in [1.29, 1.82) is 0 Å². The molecule has 6 nitrogen and oxygen atoms in total. The number of fused-ring (bicyclic) bond motifs is 1. The molecule has 0 aliphatic heterocycles. The Morgan fingerprint density at radius 2 is 2.00 bits per heavy atom. The van der Waals surface area contributed by atoms with Crippen LogP contribution in [0.25, 0.3) is 21.5 Å². The van der Waals surface area contributed by atoms with Gasteiger partial charge in [-0.25, -0.2) is 9.97 Å². The van der Waals surface area contributed by atoms with Crippen LogP contribution in [0.3, 0.4) is 0 Å². The van der Waals surface area contributed by atoms with E-state index >= 15 is 0 Å². The van der Waals surface area contributed by atoms with E-state index in [1.165, 1.54) is 52.0 Å². The van der Waals surface area contributed by atoms with Crippen molar-refractivity contribution in [2.75, 3.05) is 5.32 Å². The molecule has 3 heterocycles. The first kappa shape index (κ1) is 19.5. The number of nitrogens with one attached hydrogen (secondary N) is 1. The molecular weight excluding hydrogens is 404 g/mol. The number of carbonyl (C=O) groups excluding carboxylic acids is 1. The molecule has 8 heteroatoms. The Morgan fingerprint density at radius 1 is 1.17 bits per heavy atom. The maximum Gasteiger partial charge on any atom is 0.262 e. The van der Waals surface area contributed by atoms with E-state index in [2.05, 4.69) is 46.5 Å². The molecule has 0 fully saturated rings. The number of hydrogen-bond donors (Lipinski definition) is 1. The highest BCUT2D eigenvalue weighted by Crippen LogP contribution is 2.25. The van der Waals surface area contributed by atoms with Crippen molar-refractivity contribution in [3.8, 4) is 11.3 Å². The molecule has 3 aromatic heterocycles. The zero-order valence-corrected chi connectivity index (χ0v) is 17.6. The van der Waals surface area contributed by atoms with Gasteiger partial charge in [0.15, 0.2) is 5.13 Å². The lowest BCUT2D eigenvalue weighted by Crippen LogP contribution is -2.27. The van der Waals surface area contributed by atoms with Gasteiger partial charge in [0.25, 0.3) is 5.56 Å². The Balaban J connectivity index is 1.42. The van der Waals surface area contributed by atoms with Gasteiger partial charge in [0.2, 0.25) is 5.91 Å². The number of aromatic nitrogens is 3. The van der Waals surface area contributed by atoms with Gasteiger partial charge in [-0.1, -0.05) is 37.6 Å². The smallest absolute Gasteiger partial charge is 0.262 e. The molecule has 4 aromatic rings. The predicted octanol–water partition coefficient (Wildman–Crippen LogP) is 4.56. The first-order valence-corrected chi connectivity index (χ1v) is 11.2. The van der Waals surface area contributed by atoms with Gasteiger partial charge in [0.1, 0.15) is 11.4 Å². The molecule has 148 valence electrons. The second-order valence-corrected chi connectivity index (χ2v) is 8.46. The number of anilines is 1. The van der Waals surface area contributed by atoms with Crippen LogP contribution in [0.15, 0.2) is 52.2 Å². The number of thiazole rings is 1. The van der Waals surface area contributed by atoms with Crippen LogP contribution in [-0.2, 0) is 17.8 Å². The number of hydrogen-bond acceptors (Lipinski definition) is 6. The zero-order valence-electron chi connectivity index (χ0n) is 15.9. The predicted molar refractivity (Wildman–Crippen MR) is 119 cm³/mol. The summed E-state index contributed by atoms with van der Waals surface area (Å²) in [6.07, 6.45) is 4.86. The number of rotatable bonds is 7. The first-order valence-electron chi connectivity index (χ1n) is 9.41. The molecule has 0 saturated heterocycles. The number of nitrogens with zero attached hydrogens (tertiary/aromatic N) is 3. The maximum absolute atomic E-state index is 12.4. The minimum absolute atomic E-state index is 0.0986. The fourth-order valence-corrected chi connectivity index (χ4v) is 4.47. The Kier molecular flexibility index (Phi) is 5.82. The molecule has 0 spiro atoms. The zero-order chi connectivity index (χ0) is 20.2. The molecule has 0 saturated carbocycles. The van der Waals surface area contributed by atoms with E-state index in [0.29, 0.717) is 15.3 Å². The van der Waals surface area contributed by atoms with Gasteiger partial charge in [-0.3, -0.25) is 14.2 Å². The van der Waals surface area contributed by atoms with Gasteiger partial charge in [0, 0.05) is 10.9 Å². The van der Waals surface area contributed by atoms with E-state index in [0.717, 1.165) is 17.7 Å². The topological polar surface area (TPSA) is 76.9 Å². The Bertz CT molecular complexity index is 1190. The van der Waals surface area contributed by atoms with Crippen molar-refractivity contribution in [3.05, 3.63) is 63.3 Å². The summed E-state index contributed by atoms with van der Waals surface area (Å²) in [7, 11) is 0. The number of thiophene rings is 1. The molecule has 1 N–H and O–H groups in total. The van der Waals surface area contributed by atoms with E-state index in [-0.39, 0.29) is 18.0 Å². The monoisotopic (exact) mass is 424 g/mol. The highest BCUT2D eigenvalue weighted by Gasteiger charge is 2.11. The van der Waals surface area contributed by atoms with Crippen LogP contribution in [0.4, 0.5) is 5.13 Å². The molecular formula is C21H20N4O2S2. The average molecular weight is 425 g/mol. The third kappa shape index (κ3) is 4.44. The Hall–Kier alpha value is -2.84. The van der Waals surface area contributed by atoms with Crippen molar-refractivity contribution >= 4 is 43.9 Å². The fraction of sp³-hybridized carbons (Fsp3) is 0.238. The maximum atomic E-state index is 12.4. The van der Waals surface area contributed by atoms with E-state index in [1.54, 1.807) is 6.07 Å². The molecule has 0 aliphatic rings. The van der Waals surface area contributed by atoms with Gasteiger partial charge in [-0.15, -0.1) is 22.7 Å². The second-order valence-electron chi connectivity index (χ2n) is 6.70. The summed E-state index contributed by atoms with van der Waals surface area (Å²) in [4.78, 5) is 34.2. The lowest BCUT2D eigenvalue weighted by atomic mass is 10.1. The quantitative estimate of drug-likeness (QED) is 0.472. The summed E-state index contributed by atoms with van der Waals surface area (Å²) in [5.74, 6) is -0.306. The number of benzene rings is 1. The van der Waals surface area contributed by atoms with Crippen molar-refractivity contribution in [2.24, 2.45) is 0 Å². The van der Waals surface area contributed by atoms with Gasteiger partial charge >= 0.3 is 0 Å². The van der Waals surface area contributed by atoms with Crippen molar-refractivity contribution in [3.63, 3.8) is 0 Å². The summed E-state index contributed by atoms with van der Waals surface area (Å²) in [6, 6.07) is 10.1.